The van der Waals surface area contributed by atoms with Crippen molar-refractivity contribution in [2.75, 3.05) is 20.2 Å². The number of hydrogen-bond acceptors (Lipinski definition) is 3. The summed E-state index contributed by atoms with van der Waals surface area (Å²) in [5, 5.41) is 0. The minimum absolute atomic E-state index is 0.496. The Hall–Kier alpha value is -1.06. The summed E-state index contributed by atoms with van der Waals surface area (Å²) in [7, 11) is 1.23. The third-order valence-electron chi connectivity index (χ3n) is 2.25. The van der Waals surface area contributed by atoms with Crippen LogP contribution in [0.3, 0.4) is 0 Å². The van der Waals surface area contributed by atoms with Crippen LogP contribution in [0.5, 0.6) is 0 Å². The first-order valence-corrected chi connectivity index (χ1v) is 4.63. The summed E-state index contributed by atoms with van der Waals surface area (Å²) in [4.78, 5) is 23.8. The van der Waals surface area contributed by atoms with E-state index in [2.05, 4.69) is 4.74 Å². The van der Waals surface area contributed by atoms with E-state index in [0.29, 0.717) is 13.1 Å². The Balaban J connectivity index is 2.48. The number of carbonyl (C=O) groups excluding carboxylic acids is 2. The van der Waals surface area contributed by atoms with Crippen molar-refractivity contribution in [3.8, 4) is 0 Å². The second-order valence-electron chi connectivity index (χ2n) is 3.20. The van der Waals surface area contributed by atoms with Crippen molar-refractivity contribution in [2.45, 2.75) is 25.7 Å². The van der Waals surface area contributed by atoms with Crippen LogP contribution in [-0.2, 0) is 14.3 Å². The van der Waals surface area contributed by atoms with Crippen LogP contribution in [0.2, 0.25) is 0 Å². The fourth-order valence-electron chi connectivity index (χ4n) is 1.49. The minimum Gasteiger partial charge on any atom is -0.462 e. The Kier molecular flexibility index (Phi) is 3.73. The van der Waals surface area contributed by atoms with Crippen molar-refractivity contribution in [3.63, 3.8) is 0 Å². The van der Waals surface area contributed by atoms with Gasteiger partial charge in [0, 0.05) is 13.1 Å². The third-order valence-corrected chi connectivity index (χ3v) is 2.25. The number of likely N-dealkylation sites (tertiary alicyclic amines) is 1. The van der Waals surface area contributed by atoms with Crippen molar-refractivity contribution < 1.29 is 14.3 Å². The predicted octanol–water partition coefficient (Wildman–Crippen LogP) is 0.562. The topological polar surface area (TPSA) is 46.6 Å². The Bertz CT molecular complexity index is 195. The molecule has 0 bridgehead atoms. The molecule has 1 aliphatic heterocycles. The highest BCUT2D eigenvalue weighted by Gasteiger charge is 2.22. The predicted molar refractivity (Wildman–Crippen MR) is 47.1 cm³/mol. The van der Waals surface area contributed by atoms with Crippen LogP contribution < -0.4 is 0 Å². The van der Waals surface area contributed by atoms with Crippen LogP contribution in [0, 0.1) is 0 Å². The lowest BCUT2D eigenvalue weighted by molar-refractivity contribution is -0.158. The maximum Gasteiger partial charge on any atom is 0.396 e. The molecule has 0 aromatic heterocycles. The van der Waals surface area contributed by atoms with E-state index in [0.717, 1.165) is 25.7 Å². The summed E-state index contributed by atoms with van der Waals surface area (Å²) < 4.78 is 4.38. The lowest BCUT2D eigenvalue weighted by atomic mass is 10.2. The lowest BCUT2D eigenvalue weighted by Gasteiger charge is -2.17. The van der Waals surface area contributed by atoms with Crippen LogP contribution >= 0.6 is 0 Å². The van der Waals surface area contributed by atoms with Crippen molar-refractivity contribution in [2.24, 2.45) is 0 Å². The molecule has 0 unspecified atom stereocenters. The Morgan fingerprint density at radius 3 is 2.08 bits per heavy atom. The first kappa shape index (κ1) is 10.0. The molecule has 1 aliphatic rings. The van der Waals surface area contributed by atoms with Gasteiger partial charge in [0.2, 0.25) is 0 Å². The molecule has 1 amide bonds. The second-order valence-corrected chi connectivity index (χ2v) is 3.20. The molecule has 0 aromatic carbocycles. The molecule has 1 saturated heterocycles. The molecule has 1 fully saturated rings. The van der Waals surface area contributed by atoms with E-state index >= 15 is 0 Å². The number of carbonyl (C=O) groups is 2. The highest BCUT2D eigenvalue weighted by molar-refractivity contribution is 6.32. The van der Waals surface area contributed by atoms with E-state index < -0.39 is 11.9 Å². The average molecular weight is 185 g/mol. The summed E-state index contributed by atoms with van der Waals surface area (Å²) in [6.07, 6.45) is 4.27. The Labute approximate surface area is 77.8 Å². The standard InChI is InChI=1S/C9H15NO3/c1-13-9(12)8(11)10-6-4-2-3-5-7-10/h2-7H2,1H3. The van der Waals surface area contributed by atoms with E-state index in [9.17, 15) is 9.59 Å². The number of rotatable bonds is 0. The third kappa shape index (κ3) is 2.72. The lowest BCUT2D eigenvalue weighted by Crippen LogP contribution is -2.37. The molecular formula is C9H15NO3. The summed E-state index contributed by atoms with van der Waals surface area (Å²) >= 11 is 0. The first-order chi connectivity index (χ1) is 6.25. The molecule has 4 heteroatoms. The highest BCUT2D eigenvalue weighted by atomic mass is 16.5. The van der Waals surface area contributed by atoms with Gasteiger partial charge in [0.25, 0.3) is 0 Å². The van der Waals surface area contributed by atoms with Crippen molar-refractivity contribution >= 4 is 11.9 Å². The van der Waals surface area contributed by atoms with Gasteiger partial charge in [0.15, 0.2) is 0 Å². The zero-order valence-electron chi connectivity index (χ0n) is 7.91. The van der Waals surface area contributed by atoms with Gasteiger partial charge in [0.05, 0.1) is 7.11 Å². The normalized spacial score (nSPS) is 17.8. The zero-order chi connectivity index (χ0) is 9.68. The Morgan fingerprint density at radius 1 is 1.08 bits per heavy atom. The maximum absolute atomic E-state index is 11.3. The van der Waals surface area contributed by atoms with Gasteiger partial charge >= 0.3 is 11.9 Å². The molecule has 0 aromatic rings. The van der Waals surface area contributed by atoms with Gasteiger partial charge in [-0.25, -0.2) is 4.79 Å². The molecule has 0 N–H and O–H groups in total. The second kappa shape index (κ2) is 4.84. The molecule has 13 heavy (non-hydrogen) atoms. The smallest absolute Gasteiger partial charge is 0.396 e. The van der Waals surface area contributed by atoms with Gasteiger partial charge in [0.1, 0.15) is 0 Å². The molecular weight excluding hydrogens is 170 g/mol. The minimum atomic E-state index is -0.748. The van der Waals surface area contributed by atoms with E-state index in [1.54, 1.807) is 4.90 Å². The van der Waals surface area contributed by atoms with Crippen molar-refractivity contribution in [3.05, 3.63) is 0 Å². The molecule has 0 atom stereocenters. The van der Waals surface area contributed by atoms with E-state index in [1.807, 2.05) is 0 Å². The fourth-order valence-corrected chi connectivity index (χ4v) is 1.49. The summed E-state index contributed by atoms with van der Waals surface area (Å²) in [5.74, 6) is -1.24. The molecule has 74 valence electrons. The summed E-state index contributed by atoms with van der Waals surface area (Å²) in [5.41, 5.74) is 0. The summed E-state index contributed by atoms with van der Waals surface area (Å²) in [6.45, 7) is 1.38. The number of nitrogens with zero attached hydrogens (tertiary/aromatic N) is 1. The van der Waals surface area contributed by atoms with Gasteiger partial charge < -0.3 is 9.64 Å². The van der Waals surface area contributed by atoms with Gasteiger partial charge in [-0.05, 0) is 12.8 Å². The van der Waals surface area contributed by atoms with Gasteiger partial charge in [-0.1, -0.05) is 12.8 Å². The average Bonchev–Trinajstić information content (AvgIpc) is 2.43. The van der Waals surface area contributed by atoms with Crippen LogP contribution in [0.1, 0.15) is 25.7 Å². The molecule has 0 aliphatic carbocycles. The van der Waals surface area contributed by atoms with Crippen LogP contribution in [0.15, 0.2) is 0 Å². The maximum atomic E-state index is 11.3. The van der Waals surface area contributed by atoms with E-state index in [-0.39, 0.29) is 0 Å². The first-order valence-electron chi connectivity index (χ1n) is 4.63. The van der Waals surface area contributed by atoms with E-state index in [4.69, 9.17) is 0 Å². The number of amides is 1. The number of ether oxygens (including phenoxy) is 1. The van der Waals surface area contributed by atoms with Gasteiger partial charge in [-0.15, -0.1) is 0 Å². The highest BCUT2D eigenvalue weighted by Crippen LogP contribution is 2.09. The number of methoxy groups -OCH3 is 1. The van der Waals surface area contributed by atoms with Crippen LogP contribution in [0.4, 0.5) is 0 Å². The SMILES string of the molecule is COC(=O)C(=O)N1CCCCCC1. The zero-order valence-corrected chi connectivity index (χ0v) is 7.91. The number of esters is 1. The van der Waals surface area contributed by atoms with E-state index in [1.165, 1.54) is 7.11 Å². The monoisotopic (exact) mass is 185 g/mol. The molecule has 0 saturated carbocycles. The van der Waals surface area contributed by atoms with Crippen LogP contribution in [0.25, 0.3) is 0 Å². The van der Waals surface area contributed by atoms with Gasteiger partial charge in [-0.3, -0.25) is 4.79 Å². The van der Waals surface area contributed by atoms with Crippen molar-refractivity contribution in [1.29, 1.82) is 0 Å². The summed E-state index contributed by atoms with van der Waals surface area (Å²) in [6, 6.07) is 0. The molecule has 1 heterocycles. The number of hydrogen-bond donors (Lipinski definition) is 0. The molecule has 0 spiro atoms. The van der Waals surface area contributed by atoms with Crippen LogP contribution in [-0.4, -0.2) is 37.0 Å². The quantitative estimate of drug-likeness (QED) is 0.409. The Morgan fingerprint density at radius 2 is 1.62 bits per heavy atom. The van der Waals surface area contributed by atoms with Crippen molar-refractivity contribution in [1.82, 2.24) is 4.90 Å². The molecule has 1 rings (SSSR count). The fraction of sp³-hybridized carbons (Fsp3) is 0.778. The molecule has 0 radical (unpaired) electrons. The molecule has 4 nitrogen and oxygen atoms in total. The largest absolute Gasteiger partial charge is 0.462 e. The van der Waals surface area contributed by atoms with Gasteiger partial charge in [-0.2, -0.15) is 0 Å².